The van der Waals surface area contributed by atoms with Crippen LogP contribution in [0, 0.1) is 0 Å². The van der Waals surface area contributed by atoms with Crippen LogP contribution >= 0.6 is 11.3 Å². The minimum Gasteiger partial charge on any atom is -0.494 e. The van der Waals surface area contributed by atoms with Crippen molar-refractivity contribution in [3.8, 4) is 5.75 Å². The molecule has 0 unspecified atom stereocenters. The third-order valence-electron chi connectivity index (χ3n) is 3.40. The Morgan fingerprint density at radius 2 is 1.93 bits per heavy atom. The van der Waals surface area contributed by atoms with Crippen LogP contribution in [0.4, 0.5) is 0 Å². The monoisotopic (exact) mass is 410 g/mol. The summed E-state index contributed by atoms with van der Waals surface area (Å²) >= 11 is 1.20. The van der Waals surface area contributed by atoms with E-state index in [1.165, 1.54) is 11.3 Å². The van der Waals surface area contributed by atoms with E-state index in [1.807, 2.05) is 37.3 Å². The standard InChI is InChI=1S/C18H26N4O3S2/c1-2-19-18(20-11-7-14-25-16-8-4-3-5-9-16)21-12-13-22-27(23,24)17-10-6-15-26-17/h3-6,8-10,15,22H,2,7,11-14H2,1H3,(H2,19,20,21). The summed E-state index contributed by atoms with van der Waals surface area (Å²) in [6.45, 7) is 4.64. The molecular formula is C18H26N4O3S2. The van der Waals surface area contributed by atoms with Crippen molar-refractivity contribution in [1.29, 1.82) is 0 Å². The first-order chi connectivity index (χ1) is 13.1. The zero-order valence-electron chi connectivity index (χ0n) is 15.3. The van der Waals surface area contributed by atoms with E-state index < -0.39 is 10.0 Å². The second kappa shape index (κ2) is 11.6. The fraction of sp³-hybridized carbons (Fsp3) is 0.389. The fourth-order valence-electron chi connectivity index (χ4n) is 2.16. The van der Waals surface area contributed by atoms with Crippen LogP contribution in [0.1, 0.15) is 13.3 Å². The molecule has 9 heteroatoms. The molecule has 0 amide bonds. The summed E-state index contributed by atoms with van der Waals surface area (Å²) < 4.78 is 32.6. The fourth-order valence-corrected chi connectivity index (χ4v) is 4.23. The van der Waals surface area contributed by atoms with Gasteiger partial charge in [-0.15, -0.1) is 11.3 Å². The number of rotatable bonds is 11. The van der Waals surface area contributed by atoms with Gasteiger partial charge in [-0.2, -0.15) is 0 Å². The molecule has 1 aromatic carbocycles. The van der Waals surface area contributed by atoms with Gasteiger partial charge >= 0.3 is 0 Å². The normalized spacial score (nSPS) is 12.0. The third-order valence-corrected chi connectivity index (χ3v) is 6.26. The van der Waals surface area contributed by atoms with Gasteiger partial charge < -0.3 is 15.4 Å². The third kappa shape index (κ3) is 7.98. The van der Waals surface area contributed by atoms with E-state index in [9.17, 15) is 8.42 Å². The van der Waals surface area contributed by atoms with Gasteiger partial charge in [0.2, 0.25) is 10.0 Å². The predicted molar refractivity (Wildman–Crippen MR) is 110 cm³/mol. The largest absolute Gasteiger partial charge is 0.494 e. The Labute approximate surface area is 164 Å². The Balaban J connectivity index is 1.67. The molecule has 1 heterocycles. The van der Waals surface area contributed by atoms with Crippen molar-refractivity contribution in [2.75, 3.05) is 32.8 Å². The number of hydrogen-bond donors (Lipinski definition) is 3. The van der Waals surface area contributed by atoms with Gasteiger partial charge in [0, 0.05) is 32.6 Å². The van der Waals surface area contributed by atoms with Gasteiger partial charge in [0.1, 0.15) is 9.96 Å². The van der Waals surface area contributed by atoms with E-state index in [-0.39, 0.29) is 6.54 Å². The number of nitrogens with one attached hydrogen (secondary N) is 3. The molecule has 0 bridgehead atoms. The molecule has 0 aliphatic rings. The highest BCUT2D eigenvalue weighted by Crippen LogP contribution is 2.14. The first-order valence-corrected chi connectivity index (χ1v) is 11.2. The summed E-state index contributed by atoms with van der Waals surface area (Å²) in [6, 6.07) is 13.0. The Morgan fingerprint density at radius 1 is 1.11 bits per heavy atom. The highest BCUT2D eigenvalue weighted by atomic mass is 32.2. The molecule has 0 aliphatic carbocycles. The van der Waals surface area contributed by atoms with Crippen molar-refractivity contribution in [3.05, 3.63) is 47.8 Å². The molecule has 0 atom stereocenters. The van der Waals surface area contributed by atoms with Gasteiger partial charge in [0.15, 0.2) is 5.96 Å². The van der Waals surface area contributed by atoms with Gasteiger partial charge in [-0.3, -0.25) is 4.99 Å². The van der Waals surface area contributed by atoms with Crippen LogP contribution in [-0.4, -0.2) is 47.2 Å². The molecular weight excluding hydrogens is 384 g/mol. The number of hydrogen-bond acceptors (Lipinski definition) is 5. The molecule has 0 saturated carbocycles. The van der Waals surface area contributed by atoms with Crippen LogP contribution in [0.25, 0.3) is 0 Å². The van der Waals surface area contributed by atoms with E-state index in [4.69, 9.17) is 4.74 Å². The molecule has 0 spiro atoms. The van der Waals surface area contributed by atoms with Crippen molar-refractivity contribution in [1.82, 2.24) is 15.4 Å². The highest BCUT2D eigenvalue weighted by molar-refractivity contribution is 7.91. The first kappa shape index (κ1) is 21.2. The molecule has 2 rings (SSSR count). The highest BCUT2D eigenvalue weighted by Gasteiger charge is 2.13. The molecule has 148 valence electrons. The van der Waals surface area contributed by atoms with Crippen LogP contribution < -0.4 is 20.1 Å². The van der Waals surface area contributed by atoms with Gasteiger partial charge in [0.25, 0.3) is 0 Å². The average molecular weight is 411 g/mol. The molecule has 0 aliphatic heterocycles. The topological polar surface area (TPSA) is 91.8 Å². The van der Waals surface area contributed by atoms with E-state index in [2.05, 4.69) is 20.3 Å². The van der Waals surface area contributed by atoms with Crippen LogP contribution in [0.15, 0.2) is 57.0 Å². The Hall–Kier alpha value is -2.10. The molecule has 2 aromatic rings. The van der Waals surface area contributed by atoms with Crippen LogP contribution in [0.5, 0.6) is 5.75 Å². The van der Waals surface area contributed by atoms with Gasteiger partial charge in [-0.05, 0) is 30.5 Å². The second-order valence-corrected chi connectivity index (χ2v) is 8.47. The van der Waals surface area contributed by atoms with E-state index in [0.29, 0.717) is 29.9 Å². The molecule has 3 N–H and O–H groups in total. The number of ether oxygens (including phenoxy) is 1. The minimum atomic E-state index is -3.43. The lowest BCUT2D eigenvalue weighted by Gasteiger charge is -2.12. The minimum absolute atomic E-state index is 0.280. The number of nitrogens with zero attached hydrogens (tertiary/aromatic N) is 1. The molecule has 0 radical (unpaired) electrons. The van der Waals surface area contributed by atoms with Crippen molar-refractivity contribution >= 4 is 27.3 Å². The maximum atomic E-state index is 12.0. The van der Waals surface area contributed by atoms with Crippen molar-refractivity contribution in [2.24, 2.45) is 4.99 Å². The number of aliphatic imine (C=N–C) groups is 1. The lowest BCUT2D eigenvalue weighted by molar-refractivity contribution is 0.313. The quantitative estimate of drug-likeness (QED) is 0.300. The SMILES string of the molecule is CCNC(=NCCCOc1ccccc1)NCCNS(=O)(=O)c1cccs1. The Morgan fingerprint density at radius 3 is 2.63 bits per heavy atom. The number of benzene rings is 1. The summed E-state index contributed by atoms with van der Waals surface area (Å²) in [5, 5.41) is 8.00. The van der Waals surface area contributed by atoms with Crippen LogP contribution in [0.3, 0.4) is 0 Å². The smallest absolute Gasteiger partial charge is 0.250 e. The zero-order chi connectivity index (χ0) is 19.4. The van der Waals surface area contributed by atoms with Crippen molar-refractivity contribution in [2.45, 2.75) is 17.6 Å². The summed E-state index contributed by atoms with van der Waals surface area (Å²) in [7, 11) is -3.43. The van der Waals surface area contributed by atoms with Crippen molar-refractivity contribution < 1.29 is 13.2 Å². The second-order valence-electron chi connectivity index (χ2n) is 5.53. The maximum absolute atomic E-state index is 12.0. The molecule has 1 aromatic heterocycles. The van der Waals surface area contributed by atoms with E-state index in [1.54, 1.807) is 17.5 Å². The Bertz CT molecular complexity index is 778. The average Bonchev–Trinajstić information content (AvgIpc) is 3.21. The molecule has 27 heavy (non-hydrogen) atoms. The molecule has 0 fully saturated rings. The van der Waals surface area contributed by atoms with Crippen molar-refractivity contribution in [3.63, 3.8) is 0 Å². The number of thiophene rings is 1. The van der Waals surface area contributed by atoms with Crippen LogP contribution in [0.2, 0.25) is 0 Å². The maximum Gasteiger partial charge on any atom is 0.250 e. The number of guanidine groups is 1. The summed E-state index contributed by atoms with van der Waals surface area (Å²) in [4.78, 5) is 4.47. The molecule has 7 nitrogen and oxygen atoms in total. The van der Waals surface area contributed by atoms with E-state index >= 15 is 0 Å². The zero-order valence-corrected chi connectivity index (χ0v) is 17.0. The van der Waals surface area contributed by atoms with E-state index in [0.717, 1.165) is 18.7 Å². The van der Waals surface area contributed by atoms with Gasteiger partial charge in [-0.25, -0.2) is 13.1 Å². The predicted octanol–water partition coefficient (Wildman–Crippen LogP) is 2.05. The van der Waals surface area contributed by atoms with Gasteiger partial charge in [-0.1, -0.05) is 24.3 Å². The Kier molecular flexibility index (Phi) is 9.09. The first-order valence-electron chi connectivity index (χ1n) is 8.85. The summed E-state index contributed by atoms with van der Waals surface area (Å²) in [6.07, 6.45) is 0.788. The number of sulfonamides is 1. The van der Waals surface area contributed by atoms with Gasteiger partial charge in [0.05, 0.1) is 6.61 Å². The molecule has 0 saturated heterocycles. The summed E-state index contributed by atoms with van der Waals surface area (Å²) in [5.74, 6) is 1.51. The van der Waals surface area contributed by atoms with Crippen LogP contribution in [-0.2, 0) is 10.0 Å². The summed E-state index contributed by atoms with van der Waals surface area (Å²) in [5.41, 5.74) is 0. The lowest BCUT2D eigenvalue weighted by atomic mass is 10.3. The lowest BCUT2D eigenvalue weighted by Crippen LogP contribution is -2.41. The number of para-hydroxylation sites is 1.